The van der Waals surface area contributed by atoms with Gasteiger partial charge < -0.3 is 10.5 Å². The molecule has 2 N–H and O–H groups in total. The third-order valence-electron chi connectivity index (χ3n) is 2.71. The van der Waals surface area contributed by atoms with Gasteiger partial charge in [0.05, 0.1) is 12.8 Å². The molecule has 0 radical (unpaired) electrons. The zero-order chi connectivity index (χ0) is 13.3. The van der Waals surface area contributed by atoms with E-state index in [1.807, 2.05) is 26.0 Å². The maximum atomic E-state index is 6.08. The van der Waals surface area contributed by atoms with Gasteiger partial charge in [-0.25, -0.2) is 4.98 Å². The van der Waals surface area contributed by atoms with Crippen molar-refractivity contribution in [3.8, 4) is 17.1 Å². The Hall–Kier alpha value is -1.81. The molecule has 18 heavy (non-hydrogen) atoms. The van der Waals surface area contributed by atoms with Gasteiger partial charge in [-0.3, -0.25) is 0 Å². The van der Waals surface area contributed by atoms with Crippen LogP contribution in [0.4, 0.5) is 5.95 Å². The minimum Gasteiger partial charge on any atom is -0.481 e. The van der Waals surface area contributed by atoms with Crippen LogP contribution < -0.4 is 10.5 Å². The van der Waals surface area contributed by atoms with E-state index in [2.05, 4.69) is 9.97 Å². The van der Waals surface area contributed by atoms with E-state index in [0.29, 0.717) is 5.88 Å². The summed E-state index contributed by atoms with van der Waals surface area (Å²) in [5.41, 5.74) is 9.40. The lowest BCUT2D eigenvalue weighted by Crippen LogP contribution is -2.00. The number of aryl methyl sites for hydroxylation is 2. The molecule has 0 spiro atoms. The van der Waals surface area contributed by atoms with Gasteiger partial charge in [-0.05, 0) is 37.1 Å². The Labute approximate surface area is 111 Å². The molecule has 1 aromatic heterocycles. The van der Waals surface area contributed by atoms with E-state index < -0.39 is 0 Å². The summed E-state index contributed by atoms with van der Waals surface area (Å²) in [4.78, 5) is 8.19. The summed E-state index contributed by atoms with van der Waals surface area (Å²) in [6, 6.07) is 5.65. The molecule has 0 aliphatic rings. The molecule has 0 saturated carbocycles. The molecule has 2 aromatic rings. The van der Waals surface area contributed by atoms with Crippen molar-refractivity contribution >= 4 is 17.5 Å². The van der Waals surface area contributed by atoms with E-state index >= 15 is 0 Å². The van der Waals surface area contributed by atoms with E-state index in [1.165, 1.54) is 0 Å². The van der Waals surface area contributed by atoms with Crippen molar-refractivity contribution in [1.82, 2.24) is 9.97 Å². The number of hydrogen-bond donors (Lipinski definition) is 1. The van der Waals surface area contributed by atoms with Gasteiger partial charge in [-0.2, -0.15) is 4.98 Å². The number of nitrogens with zero attached hydrogens (tertiary/aromatic N) is 2. The fourth-order valence-corrected chi connectivity index (χ4v) is 1.96. The summed E-state index contributed by atoms with van der Waals surface area (Å²) >= 11 is 6.08. The maximum Gasteiger partial charge on any atom is 0.223 e. The number of hydrogen-bond acceptors (Lipinski definition) is 4. The van der Waals surface area contributed by atoms with Crippen LogP contribution in [0.5, 0.6) is 5.88 Å². The normalized spacial score (nSPS) is 10.4. The first-order chi connectivity index (χ1) is 8.51. The number of nitrogens with two attached hydrogens (primary N) is 1. The molecule has 4 nitrogen and oxygen atoms in total. The molecule has 0 saturated heterocycles. The van der Waals surface area contributed by atoms with Crippen LogP contribution in [-0.4, -0.2) is 17.1 Å². The Morgan fingerprint density at radius 1 is 1.11 bits per heavy atom. The van der Waals surface area contributed by atoms with Gasteiger partial charge in [0.1, 0.15) is 0 Å². The second-order valence-corrected chi connectivity index (χ2v) is 4.48. The Balaban J connectivity index is 2.61. The van der Waals surface area contributed by atoms with Crippen LogP contribution >= 0.6 is 11.6 Å². The summed E-state index contributed by atoms with van der Waals surface area (Å²) in [6.07, 6.45) is 0. The number of halogens is 1. The second kappa shape index (κ2) is 4.82. The van der Waals surface area contributed by atoms with Crippen molar-refractivity contribution < 1.29 is 4.74 Å². The number of anilines is 1. The molecular formula is C13H14ClN3O. The summed E-state index contributed by atoms with van der Waals surface area (Å²) in [7, 11) is 1.55. The van der Waals surface area contributed by atoms with Gasteiger partial charge in [0, 0.05) is 16.7 Å². The molecule has 5 heteroatoms. The van der Waals surface area contributed by atoms with Crippen molar-refractivity contribution in [2.45, 2.75) is 13.8 Å². The molecule has 94 valence electrons. The van der Waals surface area contributed by atoms with E-state index in [-0.39, 0.29) is 5.95 Å². The highest BCUT2D eigenvalue weighted by atomic mass is 35.5. The van der Waals surface area contributed by atoms with E-state index in [1.54, 1.807) is 13.2 Å². The van der Waals surface area contributed by atoms with Crippen LogP contribution in [0.2, 0.25) is 5.02 Å². The Morgan fingerprint density at radius 3 is 2.50 bits per heavy atom. The average Bonchev–Trinajstić information content (AvgIpc) is 2.33. The summed E-state index contributed by atoms with van der Waals surface area (Å²) in [6.45, 7) is 3.93. The summed E-state index contributed by atoms with van der Waals surface area (Å²) < 4.78 is 5.09. The zero-order valence-corrected chi connectivity index (χ0v) is 11.2. The van der Waals surface area contributed by atoms with Crippen molar-refractivity contribution in [1.29, 1.82) is 0 Å². The highest BCUT2D eigenvalue weighted by Gasteiger charge is 2.09. The largest absolute Gasteiger partial charge is 0.481 e. The number of nitrogen functional groups attached to an aromatic ring is 1. The molecule has 0 fully saturated rings. The predicted molar refractivity (Wildman–Crippen MR) is 72.9 cm³/mol. The predicted octanol–water partition coefficient (Wildman–Crippen LogP) is 3.00. The number of methoxy groups -OCH3 is 1. The third kappa shape index (κ3) is 2.38. The Kier molecular flexibility index (Phi) is 3.39. The van der Waals surface area contributed by atoms with Crippen LogP contribution in [0.25, 0.3) is 11.3 Å². The Morgan fingerprint density at radius 2 is 1.83 bits per heavy atom. The molecule has 0 atom stereocenters. The molecule has 0 amide bonds. The van der Waals surface area contributed by atoms with E-state index in [9.17, 15) is 0 Å². The number of aromatic nitrogens is 2. The molecule has 2 rings (SSSR count). The minimum absolute atomic E-state index is 0.191. The van der Waals surface area contributed by atoms with Crippen LogP contribution in [0.15, 0.2) is 18.2 Å². The number of ether oxygens (including phenoxy) is 1. The summed E-state index contributed by atoms with van der Waals surface area (Å²) in [5.74, 6) is 0.640. The number of rotatable bonds is 2. The smallest absolute Gasteiger partial charge is 0.223 e. The highest BCUT2D eigenvalue weighted by molar-refractivity contribution is 6.31. The molecule has 0 aliphatic heterocycles. The third-order valence-corrected chi connectivity index (χ3v) is 3.12. The van der Waals surface area contributed by atoms with Crippen molar-refractivity contribution in [2.75, 3.05) is 12.8 Å². The van der Waals surface area contributed by atoms with Crippen LogP contribution in [0.3, 0.4) is 0 Å². The quantitative estimate of drug-likeness (QED) is 0.905. The molecule has 1 heterocycles. The Bertz CT molecular complexity index is 599. The van der Waals surface area contributed by atoms with Crippen molar-refractivity contribution in [2.24, 2.45) is 0 Å². The van der Waals surface area contributed by atoms with Crippen LogP contribution in [0.1, 0.15) is 11.1 Å². The summed E-state index contributed by atoms with van der Waals surface area (Å²) in [5, 5.41) is 0.741. The lowest BCUT2D eigenvalue weighted by molar-refractivity contribution is 0.398. The molecule has 0 bridgehead atoms. The van der Waals surface area contributed by atoms with E-state index in [0.717, 1.165) is 27.4 Å². The van der Waals surface area contributed by atoms with Gasteiger partial charge in [0.15, 0.2) is 0 Å². The molecule has 1 aromatic carbocycles. The second-order valence-electron chi connectivity index (χ2n) is 4.07. The lowest BCUT2D eigenvalue weighted by Gasteiger charge is -2.10. The van der Waals surface area contributed by atoms with Gasteiger partial charge in [0.2, 0.25) is 11.8 Å². The van der Waals surface area contributed by atoms with Gasteiger partial charge in [0.25, 0.3) is 0 Å². The monoisotopic (exact) mass is 263 g/mol. The van der Waals surface area contributed by atoms with Crippen molar-refractivity contribution in [3.63, 3.8) is 0 Å². The van der Waals surface area contributed by atoms with E-state index in [4.69, 9.17) is 22.1 Å². The van der Waals surface area contributed by atoms with Gasteiger partial charge in [-0.1, -0.05) is 11.6 Å². The standard InChI is InChI=1S/C13H14ClN3O/c1-7-5-10(14)8(2)4-9(7)11-6-12(18-3)17-13(15)16-11/h4-6H,1-3H3,(H2,15,16,17). The van der Waals surface area contributed by atoms with Crippen molar-refractivity contribution in [3.05, 3.63) is 34.3 Å². The highest BCUT2D eigenvalue weighted by Crippen LogP contribution is 2.29. The fourth-order valence-electron chi connectivity index (χ4n) is 1.74. The first-order valence-corrected chi connectivity index (χ1v) is 5.84. The van der Waals surface area contributed by atoms with Crippen LogP contribution in [0, 0.1) is 13.8 Å². The molecular weight excluding hydrogens is 250 g/mol. The molecule has 0 aliphatic carbocycles. The SMILES string of the molecule is COc1cc(-c2cc(C)c(Cl)cc2C)nc(N)n1. The maximum absolute atomic E-state index is 6.08. The molecule has 0 unspecified atom stereocenters. The van der Waals surface area contributed by atoms with Gasteiger partial charge in [-0.15, -0.1) is 0 Å². The minimum atomic E-state index is 0.191. The van der Waals surface area contributed by atoms with Crippen LogP contribution in [-0.2, 0) is 0 Å². The first kappa shape index (κ1) is 12.6. The first-order valence-electron chi connectivity index (χ1n) is 5.47. The van der Waals surface area contributed by atoms with Gasteiger partial charge >= 0.3 is 0 Å². The topological polar surface area (TPSA) is 61.0 Å². The average molecular weight is 264 g/mol. The zero-order valence-electron chi connectivity index (χ0n) is 10.5. The fraction of sp³-hybridized carbons (Fsp3) is 0.231. The number of benzene rings is 1. The lowest BCUT2D eigenvalue weighted by atomic mass is 10.0.